The topological polar surface area (TPSA) is 26.7 Å². The van der Waals surface area contributed by atoms with E-state index in [2.05, 4.69) is 32.7 Å². The minimum Gasteiger partial charge on any atom is -0.508 e. The quantitative estimate of drug-likeness (QED) is 0.926. The molecule has 0 radical (unpaired) electrons. The van der Waals surface area contributed by atoms with Gasteiger partial charge in [-0.3, -0.25) is 4.90 Å². The first-order valence-electron chi connectivity index (χ1n) is 6.61. The highest BCUT2D eigenvalue weighted by molar-refractivity contribution is 9.10. The van der Waals surface area contributed by atoms with Crippen LogP contribution in [0.3, 0.4) is 0 Å². The third-order valence-corrected chi connectivity index (χ3v) is 3.93. The lowest BCUT2D eigenvalue weighted by Gasteiger charge is -2.34. The summed E-state index contributed by atoms with van der Waals surface area (Å²) in [4.78, 5) is 4.92. The molecule has 1 aromatic rings. The fraction of sp³-hybridized carbons (Fsp3) is 0.571. The van der Waals surface area contributed by atoms with Crippen molar-refractivity contribution in [3.05, 3.63) is 28.2 Å². The van der Waals surface area contributed by atoms with Crippen LogP contribution in [0.15, 0.2) is 22.7 Å². The first-order valence-corrected chi connectivity index (χ1v) is 7.40. The molecule has 0 saturated carbocycles. The zero-order valence-electron chi connectivity index (χ0n) is 10.9. The first kappa shape index (κ1) is 13.8. The molecular weight excluding hydrogens is 292 g/mol. The van der Waals surface area contributed by atoms with Gasteiger partial charge in [0, 0.05) is 42.8 Å². The van der Waals surface area contributed by atoms with E-state index in [1.807, 2.05) is 12.1 Å². The van der Waals surface area contributed by atoms with E-state index in [-0.39, 0.29) is 0 Å². The summed E-state index contributed by atoms with van der Waals surface area (Å²) < 4.78 is 1.03. The third-order valence-electron chi connectivity index (χ3n) is 3.44. The molecule has 0 aromatic heterocycles. The van der Waals surface area contributed by atoms with Gasteiger partial charge in [-0.15, -0.1) is 0 Å². The number of hydrogen-bond acceptors (Lipinski definition) is 3. The van der Waals surface area contributed by atoms with Crippen LogP contribution >= 0.6 is 15.9 Å². The molecule has 3 nitrogen and oxygen atoms in total. The predicted octanol–water partition coefficient (Wildman–Crippen LogP) is 2.68. The molecule has 1 saturated heterocycles. The summed E-state index contributed by atoms with van der Waals surface area (Å²) in [5, 5.41) is 9.84. The van der Waals surface area contributed by atoms with Crippen molar-refractivity contribution in [3.63, 3.8) is 0 Å². The summed E-state index contributed by atoms with van der Waals surface area (Å²) in [5.41, 5.74) is 1.01. The Labute approximate surface area is 118 Å². The number of aromatic hydroxyl groups is 1. The Balaban J connectivity index is 1.89. The Morgan fingerprint density at radius 1 is 1.17 bits per heavy atom. The summed E-state index contributed by atoms with van der Waals surface area (Å²) in [7, 11) is 0. The summed E-state index contributed by atoms with van der Waals surface area (Å²) in [6.07, 6.45) is 1.23. The summed E-state index contributed by atoms with van der Waals surface area (Å²) in [6.45, 7) is 8.73. The van der Waals surface area contributed by atoms with Crippen LogP contribution in [0, 0.1) is 0 Å². The fourth-order valence-corrected chi connectivity index (χ4v) is 2.82. The van der Waals surface area contributed by atoms with Crippen LogP contribution < -0.4 is 0 Å². The monoisotopic (exact) mass is 312 g/mol. The molecule has 0 aliphatic carbocycles. The Bertz CT molecular complexity index is 389. The summed E-state index contributed by atoms with van der Waals surface area (Å²) in [5.74, 6) is 0.397. The van der Waals surface area contributed by atoms with Crippen LogP contribution in [0.1, 0.15) is 18.9 Å². The summed E-state index contributed by atoms with van der Waals surface area (Å²) >= 11 is 3.45. The molecule has 4 heteroatoms. The average molecular weight is 313 g/mol. The molecule has 1 fully saturated rings. The summed E-state index contributed by atoms with van der Waals surface area (Å²) in [6, 6.07) is 5.64. The third kappa shape index (κ3) is 3.70. The fourth-order valence-electron chi connectivity index (χ4n) is 2.41. The zero-order valence-corrected chi connectivity index (χ0v) is 12.5. The van der Waals surface area contributed by atoms with E-state index in [4.69, 9.17) is 0 Å². The second-order valence-corrected chi connectivity index (χ2v) is 5.81. The molecule has 1 N–H and O–H groups in total. The van der Waals surface area contributed by atoms with Crippen LogP contribution in [0.25, 0.3) is 0 Å². The number of phenolic OH excluding ortho intramolecular Hbond substituents is 1. The van der Waals surface area contributed by atoms with Gasteiger partial charge in [-0.25, -0.2) is 0 Å². The normalized spacial score (nSPS) is 18.1. The molecule has 1 heterocycles. The van der Waals surface area contributed by atoms with Gasteiger partial charge in [-0.2, -0.15) is 0 Å². The van der Waals surface area contributed by atoms with Crippen LogP contribution in [-0.4, -0.2) is 47.6 Å². The molecule has 0 amide bonds. The molecule has 1 aliphatic rings. The van der Waals surface area contributed by atoms with Gasteiger partial charge in [0.25, 0.3) is 0 Å². The second-order valence-electron chi connectivity index (χ2n) is 4.89. The minimum atomic E-state index is 0.397. The van der Waals surface area contributed by atoms with Gasteiger partial charge in [0.1, 0.15) is 5.75 Å². The van der Waals surface area contributed by atoms with Crippen molar-refractivity contribution in [2.75, 3.05) is 32.7 Å². The largest absolute Gasteiger partial charge is 0.508 e. The Kier molecular flexibility index (Phi) is 5.03. The van der Waals surface area contributed by atoms with E-state index in [0.717, 1.165) is 42.8 Å². The molecule has 0 unspecified atom stereocenters. The van der Waals surface area contributed by atoms with Crippen molar-refractivity contribution in [3.8, 4) is 5.75 Å². The maximum absolute atomic E-state index is 9.84. The van der Waals surface area contributed by atoms with Gasteiger partial charge in [-0.1, -0.05) is 22.9 Å². The number of nitrogens with zero attached hydrogens (tertiary/aromatic N) is 2. The van der Waals surface area contributed by atoms with Crippen LogP contribution in [-0.2, 0) is 6.54 Å². The number of hydrogen-bond donors (Lipinski definition) is 1. The average Bonchev–Trinajstić information content (AvgIpc) is 2.37. The van der Waals surface area contributed by atoms with E-state index in [1.54, 1.807) is 6.07 Å². The molecular formula is C14H21BrN2O. The maximum Gasteiger partial charge on any atom is 0.120 e. The molecule has 0 spiro atoms. The van der Waals surface area contributed by atoms with Crippen molar-refractivity contribution in [1.82, 2.24) is 9.80 Å². The maximum atomic E-state index is 9.84. The lowest BCUT2D eigenvalue weighted by Crippen LogP contribution is -2.45. The van der Waals surface area contributed by atoms with E-state index >= 15 is 0 Å². The van der Waals surface area contributed by atoms with Crippen molar-refractivity contribution in [2.45, 2.75) is 19.9 Å². The number of benzene rings is 1. The van der Waals surface area contributed by atoms with E-state index in [1.165, 1.54) is 13.0 Å². The smallest absolute Gasteiger partial charge is 0.120 e. The number of halogens is 1. The van der Waals surface area contributed by atoms with Crippen molar-refractivity contribution < 1.29 is 5.11 Å². The second kappa shape index (κ2) is 6.55. The number of rotatable bonds is 4. The van der Waals surface area contributed by atoms with E-state index in [0.29, 0.717) is 5.75 Å². The Hall–Kier alpha value is -0.580. The lowest BCUT2D eigenvalue weighted by molar-refractivity contribution is 0.126. The first-order chi connectivity index (χ1) is 8.69. The molecule has 1 aliphatic heterocycles. The van der Waals surface area contributed by atoms with Gasteiger partial charge in [0.15, 0.2) is 0 Å². The molecule has 18 heavy (non-hydrogen) atoms. The van der Waals surface area contributed by atoms with Gasteiger partial charge < -0.3 is 10.0 Å². The van der Waals surface area contributed by atoms with Crippen molar-refractivity contribution >= 4 is 15.9 Å². The predicted molar refractivity (Wildman–Crippen MR) is 77.8 cm³/mol. The molecule has 0 atom stereocenters. The molecule has 2 rings (SSSR count). The van der Waals surface area contributed by atoms with E-state index in [9.17, 15) is 5.11 Å². The highest BCUT2D eigenvalue weighted by atomic mass is 79.9. The van der Waals surface area contributed by atoms with E-state index < -0.39 is 0 Å². The SMILES string of the molecule is CCCN1CCN(Cc2cc(Br)ccc2O)CC1. The van der Waals surface area contributed by atoms with Crippen LogP contribution in [0.4, 0.5) is 0 Å². The van der Waals surface area contributed by atoms with Crippen LogP contribution in [0.5, 0.6) is 5.75 Å². The van der Waals surface area contributed by atoms with Gasteiger partial charge in [-0.05, 0) is 31.2 Å². The molecule has 1 aromatic carbocycles. The standard InChI is InChI=1S/C14H21BrN2O/c1-2-5-16-6-8-17(9-7-16)11-12-10-13(15)3-4-14(12)18/h3-4,10,18H,2,5-9,11H2,1H3. The highest BCUT2D eigenvalue weighted by Gasteiger charge is 2.17. The highest BCUT2D eigenvalue weighted by Crippen LogP contribution is 2.23. The minimum absolute atomic E-state index is 0.397. The Morgan fingerprint density at radius 3 is 2.50 bits per heavy atom. The van der Waals surface area contributed by atoms with Crippen LogP contribution in [0.2, 0.25) is 0 Å². The number of phenols is 1. The zero-order chi connectivity index (χ0) is 13.0. The van der Waals surface area contributed by atoms with Crippen molar-refractivity contribution in [1.29, 1.82) is 0 Å². The van der Waals surface area contributed by atoms with Gasteiger partial charge >= 0.3 is 0 Å². The van der Waals surface area contributed by atoms with Gasteiger partial charge in [0.2, 0.25) is 0 Å². The Morgan fingerprint density at radius 2 is 1.83 bits per heavy atom. The molecule has 0 bridgehead atoms. The van der Waals surface area contributed by atoms with Crippen molar-refractivity contribution in [2.24, 2.45) is 0 Å². The van der Waals surface area contributed by atoms with Gasteiger partial charge in [0.05, 0.1) is 0 Å². The number of piperazine rings is 1. The molecule has 100 valence electrons. The lowest BCUT2D eigenvalue weighted by atomic mass is 10.1.